The number of rotatable bonds is 9. The molecule has 0 spiro atoms. The van der Waals surface area contributed by atoms with Crippen molar-refractivity contribution in [3.63, 3.8) is 0 Å². The number of benzene rings is 3. The molecule has 0 radical (unpaired) electrons. The number of carboxylic acid groups (broad SMARTS) is 2. The fourth-order valence-corrected chi connectivity index (χ4v) is 5.68. The number of esters is 1. The zero-order valence-electron chi connectivity index (χ0n) is 24.4. The number of likely N-dealkylation sites (N-methyl/N-ethyl adjacent to an activating group) is 1. The quantitative estimate of drug-likeness (QED) is 0.139. The van der Waals surface area contributed by atoms with Crippen LogP contribution in [0.5, 0.6) is 5.75 Å². The van der Waals surface area contributed by atoms with Crippen LogP contribution in [0.15, 0.2) is 71.6 Å². The minimum absolute atomic E-state index is 0.108. The van der Waals surface area contributed by atoms with Crippen LogP contribution in [-0.4, -0.2) is 83.7 Å². The van der Waals surface area contributed by atoms with Gasteiger partial charge >= 0.3 is 17.9 Å². The van der Waals surface area contributed by atoms with Crippen LogP contribution >= 0.6 is 23.4 Å². The number of carbonyl (C=O) groups is 4. The zero-order valence-corrected chi connectivity index (χ0v) is 26.0. The highest BCUT2D eigenvalue weighted by molar-refractivity contribution is 7.99. The van der Waals surface area contributed by atoms with Crippen molar-refractivity contribution in [3.8, 4) is 5.75 Å². The van der Waals surface area contributed by atoms with Gasteiger partial charge in [-0.05, 0) is 55.6 Å². The Morgan fingerprint density at radius 3 is 2.29 bits per heavy atom. The monoisotopic (exact) mass is 659 g/mol. The number of aliphatic carboxylic acids is 2. The summed E-state index contributed by atoms with van der Waals surface area (Å²) >= 11 is 7.34. The molecule has 0 unspecified atom stereocenters. The maximum Gasteiger partial charge on any atom is 0.414 e. The van der Waals surface area contributed by atoms with E-state index in [-0.39, 0.29) is 10.6 Å². The number of thioether (sulfide) groups is 1. The van der Waals surface area contributed by atoms with Gasteiger partial charge in [-0.15, -0.1) is 11.8 Å². The summed E-state index contributed by atoms with van der Waals surface area (Å²) in [6.45, 7) is 3.78. The third-order valence-corrected chi connectivity index (χ3v) is 8.28. The number of amides is 1. The van der Waals surface area contributed by atoms with Crippen LogP contribution in [0.1, 0.15) is 28.1 Å². The van der Waals surface area contributed by atoms with Crippen LogP contribution in [0.2, 0.25) is 5.02 Å². The van der Waals surface area contributed by atoms with Gasteiger partial charge in [0, 0.05) is 29.1 Å². The molecule has 0 aromatic heterocycles. The van der Waals surface area contributed by atoms with E-state index in [1.54, 1.807) is 24.1 Å². The maximum absolute atomic E-state index is 14.2. The molecule has 4 rings (SSSR count). The first-order valence-electron chi connectivity index (χ1n) is 13.4. The van der Waals surface area contributed by atoms with Gasteiger partial charge in [0.15, 0.2) is 6.10 Å². The van der Waals surface area contributed by atoms with Gasteiger partial charge in [-0.2, -0.15) is 0 Å². The standard InChI is InChI=1S/C28H28ClN3O6S.C2H2O4/c1-4-30(2)15-16-31-22-7-5-6-8-24(22)39-26(18-9-12-20(37-3)13-10-18)25(27(31)33)38-28(34)21-14-11-19(29)17-23(21)32(35)36;3-1(4)2(5)6/h5-14,17,25-26H,4,15-16H2,1-3H3;(H,3,4)(H,5,6)/t25-,26+;/m1./s1. The Hall–Kier alpha value is -4.66. The van der Waals surface area contributed by atoms with Gasteiger partial charge in [-0.3, -0.25) is 14.9 Å². The number of para-hydroxylation sites is 1. The lowest BCUT2D eigenvalue weighted by Crippen LogP contribution is -2.45. The highest BCUT2D eigenvalue weighted by atomic mass is 35.5. The van der Waals surface area contributed by atoms with Crippen LogP contribution in [-0.2, 0) is 19.1 Å². The lowest BCUT2D eigenvalue weighted by molar-refractivity contribution is -0.385. The molecule has 1 heterocycles. The highest BCUT2D eigenvalue weighted by Gasteiger charge is 2.42. The predicted octanol–water partition coefficient (Wildman–Crippen LogP) is 4.77. The third kappa shape index (κ3) is 8.94. The number of carbonyl (C=O) groups excluding carboxylic acids is 2. The first-order chi connectivity index (χ1) is 21.4. The average Bonchev–Trinajstić information content (AvgIpc) is 3.13. The van der Waals surface area contributed by atoms with E-state index in [2.05, 4.69) is 4.90 Å². The van der Waals surface area contributed by atoms with Crippen LogP contribution in [0.3, 0.4) is 0 Å². The van der Waals surface area contributed by atoms with Crippen molar-refractivity contribution in [2.45, 2.75) is 23.2 Å². The second kappa shape index (κ2) is 15.9. The maximum atomic E-state index is 14.2. The van der Waals surface area contributed by atoms with Crippen molar-refractivity contribution in [1.29, 1.82) is 0 Å². The minimum atomic E-state index is -1.82. The summed E-state index contributed by atoms with van der Waals surface area (Å²) < 4.78 is 11.2. The fraction of sp³-hybridized carbons (Fsp3) is 0.267. The van der Waals surface area contributed by atoms with Crippen LogP contribution in [0, 0.1) is 10.1 Å². The van der Waals surface area contributed by atoms with Crippen molar-refractivity contribution in [2.75, 3.05) is 38.7 Å². The molecule has 0 aliphatic carbocycles. The summed E-state index contributed by atoms with van der Waals surface area (Å²) in [5.41, 5.74) is 0.674. The third-order valence-electron chi connectivity index (χ3n) is 6.68. The Morgan fingerprint density at radius 2 is 1.71 bits per heavy atom. The van der Waals surface area contributed by atoms with E-state index in [0.717, 1.165) is 23.1 Å². The molecule has 0 bridgehead atoms. The molecule has 2 N–H and O–H groups in total. The van der Waals surface area contributed by atoms with Gasteiger partial charge < -0.3 is 29.5 Å². The first-order valence-corrected chi connectivity index (χ1v) is 14.6. The summed E-state index contributed by atoms with van der Waals surface area (Å²) in [4.78, 5) is 61.3. The van der Waals surface area contributed by atoms with Crippen LogP contribution < -0.4 is 9.64 Å². The predicted molar refractivity (Wildman–Crippen MR) is 166 cm³/mol. The minimum Gasteiger partial charge on any atom is -0.497 e. The fourth-order valence-electron chi connectivity index (χ4n) is 4.20. The van der Waals surface area contributed by atoms with Crippen molar-refractivity contribution in [3.05, 3.63) is 93.0 Å². The molecule has 1 aliphatic heterocycles. The largest absolute Gasteiger partial charge is 0.497 e. The summed E-state index contributed by atoms with van der Waals surface area (Å²) in [6, 6.07) is 18.4. The Kier molecular flexibility index (Phi) is 12.3. The number of nitro groups is 1. The lowest BCUT2D eigenvalue weighted by Gasteiger charge is -2.29. The van der Waals surface area contributed by atoms with Crippen LogP contribution in [0.4, 0.5) is 11.4 Å². The van der Waals surface area contributed by atoms with Crippen LogP contribution in [0.25, 0.3) is 0 Å². The lowest BCUT2D eigenvalue weighted by atomic mass is 10.0. The molecule has 3 aromatic carbocycles. The van der Waals surface area contributed by atoms with Crippen molar-refractivity contribution in [2.24, 2.45) is 0 Å². The van der Waals surface area contributed by atoms with E-state index in [4.69, 9.17) is 40.9 Å². The number of halogens is 1. The number of hydrogen-bond acceptors (Lipinski definition) is 10. The number of nitro benzene ring substituents is 1. The second-order valence-electron chi connectivity index (χ2n) is 9.52. The molecule has 13 nitrogen and oxygen atoms in total. The molecular weight excluding hydrogens is 630 g/mol. The molecule has 0 fully saturated rings. The van der Waals surface area contributed by atoms with E-state index in [1.165, 1.54) is 23.9 Å². The Labute approximate surface area is 267 Å². The summed E-state index contributed by atoms with van der Waals surface area (Å²) in [5, 5.41) is 25.9. The summed E-state index contributed by atoms with van der Waals surface area (Å²) in [7, 11) is 3.52. The zero-order chi connectivity index (χ0) is 33.3. The van der Waals surface area contributed by atoms with E-state index < -0.39 is 45.8 Å². The molecule has 1 aliphatic rings. The van der Waals surface area contributed by atoms with Crippen molar-refractivity contribution in [1.82, 2.24) is 4.90 Å². The van der Waals surface area contributed by atoms with Gasteiger partial charge in [0.1, 0.15) is 11.3 Å². The highest BCUT2D eigenvalue weighted by Crippen LogP contribution is 2.47. The molecule has 1 amide bonds. The second-order valence-corrected chi connectivity index (χ2v) is 11.1. The number of ether oxygens (including phenoxy) is 2. The van der Waals surface area contributed by atoms with E-state index in [0.29, 0.717) is 24.5 Å². The topological polar surface area (TPSA) is 177 Å². The summed E-state index contributed by atoms with van der Waals surface area (Å²) in [5.74, 6) is -4.40. The number of methoxy groups -OCH3 is 1. The van der Waals surface area contributed by atoms with Gasteiger partial charge in [-0.25, -0.2) is 14.4 Å². The molecule has 0 saturated carbocycles. The molecule has 45 heavy (non-hydrogen) atoms. The molecule has 238 valence electrons. The summed E-state index contributed by atoms with van der Waals surface area (Å²) in [6.07, 6.45) is -1.27. The Bertz CT molecular complexity index is 1560. The normalized spacial score (nSPS) is 15.7. The van der Waals surface area contributed by atoms with E-state index in [9.17, 15) is 19.7 Å². The van der Waals surface area contributed by atoms with Gasteiger partial charge in [0.05, 0.1) is 23.0 Å². The smallest absolute Gasteiger partial charge is 0.414 e. The van der Waals surface area contributed by atoms with Gasteiger partial charge in [0.2, 0.25) is 0 Å². The van der Waals surface area contributed by atoms with E-state index >= 15 is 0 Å². The first kappa shape index (κ1) is 34.8. The van der Waals surface area contributed by atoms with Gasteiger partial charge in [-0.1, -0.05) is 42.8 Å². The molecule has 0 saturated heterocycles. The number of hydrogen-bond donors (Lipinski definition) is 2. The molecule has 3 aromatic rings. The number of anilines is 1. The number of carboxylic acids is 2. The number of nitrogens with zero attached hydrogens (tertiary/aromatic N) is 3. The molecular formula is C30H30ClN3O10S. The van der Waals surface area contributed by atoms with Gasteiger partial charge in [0.25, 0.3) is 11.6 Å². The van der Waals surface area contributed by atoms with Crippen molar-refractivity contribution < 1.29 is 43.8 Å². The SMILES string of the molecule is CCN(C)CCN1C(=O)[C@H](OC(=O)c2ccc(Cl)cc2[N+](=O)[O-])[C@H](c2ccc(OC)cc2)Sc2ccccc21.O=C(O)C(=O)O. The number of fused-ring (bicyclic) bond motifs is 1. The Balaban J connectivity index is 0.000000838. The molecule has 2 atom stereocenters. The molecule has 15 heteroatoms. The van der Waals surface area contributed by atoms with E-state index in [1.807, 2.05) is 50.4 Å². The van der Waals surface area contributed by atoms with Crippen molar-refractivity contribution >= 4 is 58.6 Å². The average molecular weight is 660 g/mol. The Morgan fingerprint density at radius 1 is 1.07 bits per heavy atom.